The summed E-state index contributed by atoms with van der Waals surface area (Å²) >= 11 is 0. The number of carbonyl (C=O) groups excluding carboxylic acids is 1. The van der Waals surface area contributed by atoms with E-state index in [0.717, 1.165) is 18.9 Å². The number of carbonyl (C=O) groups is 2. The lowest BCUT2D eigenvalue weighted by Gasteiger charge is -2.21. The highest BCUT2D eigenvalue weighted by Crippen LogP contribution is 2.25. The fourth-order valence-electron chi connectivity index (χ4n) is 2.53. The molecule has 0 aromatic rings. The summed E-state index contributed by atoms with van der Waals surface area (Å²) in [7, 11) is 0. The molecule has 3 N–H and O–H groups in total. The van der Waals surface area contributed by atoms with Crippen LogP contribution in [0, 0.1) is 5.92 Å². The van der Waals surface area contributed by atoms with Crippen LogP contribution >= 0.6 is 0 Å². The van der Waals surface area contributed by atoms with Gasteiger partial charge in [0, 0.05) is 19.5 Å². The minimum atomic E-state index is -0.781. The van der Waals surface area contributed by atoms with Crippen LogP contribution in [0.3, 0.4) is 0 Å². The lowest BCUT2D eigenvalue weighted by molar-refractivity contribution is -0.137. The van der Waals surface area contributed by atoms with E-state index in [-0.39, 0.29) is 12.5 Å². The van der Waals surface area contributed by atoms with Gasteiger partial charge in [0.2, 0.25) is 0 Å². The van der Waals surface area contributed by atoms with Gasteiger partial charge in [-0.1, -0.05) is 32.1 Å². The molecule has 110 valence electrons. The van der Waals surface area contributed by atoms with Crippen LogP contribution in [0.2, 0.25) is 0 Å². The van der Waals surface area contributed by atoms with Gasteiger partial charge in [-0.2, -0.15) is 0 Å². The van der Waals surface area contributed by atoms with Gasteiger partial charge in [-0.25, -0.2) is 4.79 Å². The first-order chi connectivity index (χ1) is 9.18. The van der Waals surface area contributed by atoms with Crippen LogP contribution < -0.4 is 10.6 Å². The quantitative estimate of drug-likeness (QED) is 0.593. The zero-order valence-corrected chi connectivity index (χ0v) is 11.6. The van der Waals surface area contributed by atoms with Gasteiger partial charge >= 0.3 is 12.0 Å². The molecule has 0 aromatic heterocycles. The summed E-state index contributed by atoms with van der Waals surface area (Å²) < 4.78 is 0. The number of nitrogens with one attached hydrogen (secondary N) is 2. The van der Waals surface area contributed by atoms with Crippen LogP contribution in [0.15, 0.2) is 0 Å². The molecule has 19 heavy (non-hydrogen) atoms. The number of carboxylic acid groups (broad SMARTS) is 1. The first-order valence-electron chi connectivity index (χ1n) is 7.42. The summed E-state index contributed by atoms with van der Waals surface area (Å²) in [6.45, 7) is 1.29. The third-order valence-electron chi connectivity index (χ3n) is 3.67. The molecule has 0 atom stereocenters. The van der Waals surface area contributed by atoms with Crippen LogP contribution in [0.25, 0.3) is 0 Å². The smallest absolute Gasteiger partial charge is 0.314 e. The zero-order valence-electron chi connectivity index (χ0n) is 11.6. The molecule has 5 heteroatoms. The molecule has 0 aliphatic heterocycles. The summed E-state index contributed by atoms with van der Waals surface area (Å²) in [6.07, 6.45) is 9.20. The number of unbranched alkanes of at least 4 members (excludes halogenated alkanes) is 1. The Hall–Kier alpha value is -1.26. The molecule has 0 saturated heterocycles. The molecular weight excluding hydrogens is 244 g/mol. The van der Waals surface area contributed by atoms with E-state index in [1.807, 2.05) is 0 Å². The van der Waals surface area contributed by atoms with Crippen molar-refractivity contribution in [2.45, 2.75) is 57.8 Å². The Morgan fingerprint density at radius 3 is 2.37 bits per heavy atom. The summed E-state index contributed by atoms with van der Waals surface area (Å²) in [6, 6.07) is -0.133. The third kappa shape index (κ3) is 8.46. The van der Waals surface area contributed by atoms with Crippen molar-refractivity contribution in [2.24, 2.45) is 5.92 Å². The lowest BCUT2D eigenvalue weighted by Crippen LogP contribution is -2.37. The van der Waals surface area contributed by atoms with Gasteiger partial charge in [0.05, 0.1) is 0 Å². The second kappa shape index (κ2) is 9.64. The normalized spacial score (nSPS) is 16.0. The van der Waals surface area contributed by atoms with Crippen molar-refractivity contribution in [3.8, 4) is 0 Å². The molecule has 0 unspecified atom stereocenters. The molecule has 0 aromatic carbocycles. The molecule has 0 spiro atoms. The number of rotatable bonds is 8. The van der Waals surface area contributed by atoms with Crippen molar-refractivity contribution in [2.75, 3.05) is 13.1 Å². The molecule has 0 radical (unpaired) electrons. The predicted octanol–water partition coefficient (Wildman–Crippen LogP) is 2.51. The Morgan fingerprint density at radius 1 is 1.00 bits per heavy atom. The molecular formula is C14H26N2O3. The highest BCUT2D eigenvalue weighted by molar-refractivity contribution is 5.73. The number of hydrogen-bond donors (Lipinski definition) is 3. The van der Waals surface area contributed by atoms with Crippen molar-refractivity contribution >= 4 is 12.0 Å². The second-order valence-corrected chi connectivity index (χ2v) is 5.33. The average Bonchev–Trinajstić information content (AvgIpc) is 2.39. The summed E-state index contributed by atoms with van der Waals surface area (Å²) in [5.74, 6) is 0.00144. The molecule has 1 aliphatic rings. The molecule has 1 aliphatic carbocycles. The molecule has 2 amide bonds. The average molecular weight is 270 g/mol. The van der Waals surface area contributed by atoms with E-state index in [9.17, 15) is 9.59 Å². The molecule has 5 nitrogen and oxygen atoms in total. The SMILES string of the molecule is O=C(O)CCCCNC(=O)NCCC1CCCCC1. The Bertz CT molecular complexity index is 276. The molecule has 0 bridgehead atoms. The number of aliphatic carboxylic acids is 1. The first-order valence-corrected chi connectivity index (χ1v) is 7.42. The van der Waals surface area contributed by atoms with E-state index in [2.05, 4.69) is 10.6 Å². The van der Waals surface area contributed by atoms with E-state index in [4.69, 9.17) is 5.11 Å². The van der Waals surface area contributed by atoms with Crippen LogP contribution in [-0.4, -0.2) is 30.2 Å². The lowest BCUT2D eigenvalue weighted by atomic mass is 9.87. The van der Waals surface area contributed by atoms with Gasteiger partial charge in [-0.15, -0.1) is 0 Å². The third-order valence-corrected chi connectivity index (χ3v) is 3.67. The minimum Gasteiger partial charge on any atom is -0.481 e. The largest absolute Gasteiger partial charge is 0.481 e. The van der Waals surface area contributed by atoms with Gasteiger partial charge in [0.1, 0.15) is 0 Å². The topological polar surface area (TPSA) is 78.4 Å². The van der Waals surface area contributed by atoms with Crippen molar-refractivity contribution < 1.29 is 14.7 Å². The molecule has 1 rings (SSSR count). The number of hydrogen-bond acceptors (Lipinski definition) is 2. The highest BCUT2D eigenvalue weighted by Gasteiger charge is 2.13. The molecule has 1 saturated carbocycles. The fourth-order valence-corrected chi connectivity index (χ4v) is 2.53. The van der Waals surface area contributed by atoms with Crippen molar-refractivity contribution in [1.82, 2.24) is 10.6 Å². The van der Waals surface area contributed by atoms with E-state index >= 15 is 0 Å². The van der Waals surface area contributed by atoms with Crippen LogP contribution in [-0.2, 0) is 4.79 Å². The first kappa shape index (κ1) is 15.8. The van der Waals surface area contributed by atoms with Gasteiger partial charge in [-0.3, -0.25) is 4.79 Å². The summed E-state index contributed by atoms with van der Waals surface area (Å²) in [5.41, 5.74) is 0. The maximum absolute atomic E-state index is 11.4. The Morgan fingerprint density at radius 2 is 1.68 bits per heavy atom. The van der Waals surface area contributed by atoms with Gasteiger partial charge in [-0.05, 0) is 25.2 Å². The van der Waals surface area contributed by atoms with Crippen molar-refractivity contribution in [3.63, 3.8) is 0 Å². The molecule has 1 fully saturated rings. The maximum Gasteiger partial charge on any atom is 0.314 e. The number of amides is 2. The fraction of sp³-hybridized carbons (Fsp3) is 0.857. The van der Waals surface area contributed by atoms with Gasteiger partial charge in [0.25, 0.3) is 0 Å². The maximum atomic E-state index is 11.4. The zero-order chi connectivity index (χ0) is 13.9. The van der Waals surface area contributed by atoms with Crippen LogP contribution in [0.5, 0.6) is 0 Å². The summed E-state index contributed by atoms with van der Waals surface area (Å²) in [4.78, 5) is 21.7. The van der Waals surface area contributed by atoms with Crippen molar-refractivity contribution in [1.29, 1.82) is 0 Å². The number of carboxylic acids is 1. The standard InChI is InChI=1S/C14H26N2O3/c17-13(18)8-4-5-10-15-14(19)16-11-9-12-6-2-1-3-7-12/h12H,1-11H2,(H,17,18)(H2,15,16,19). The van der Waals surface area contributed by atoms with E-state index in [1.165, 1.54) is 32.1 Å². The van der Waals surface area contributed by atoms with Gasteiger partial charge in [0.15, 0.2) is 0 Å². The van der Waals surface area contributed by atoms with Gasteiger partial charge < -0.3 is 15.7 Å². The van der Waals surface area contributed by atoms with Crippen molar-refractivity contribution in [3.05, 3.63) is 0 Å². The monoisotopic (exact) mass is 270 g/mol. The Balaban J connectivity index is 1.91. The van der Waals surface area contributed by atoms with E-state index in [0.29, 0.717) is 19.4 Å². The molecule has 0 heterocycles. The van der Waals surface area contributed by atoms with Crippen LogP contribution in [0.4, 0.5) is 4.79 Å². The highest BCUT2D eigenvalue weighted by atomic mass is 16.4. The predicted molar refractivity (Wildman–Crippen MR) is 74.1 cm³/mol. The summed E-state index contributed by atoms with van der Waals surface area (Å²) in [5, 5.41) is 14.1. The van der Waals surface area contributed by atoms with E-state index < -0.39 is 5.97 Å². The Kier molecular flexibility index (Phi) is 8.02. The van der Waals surface area contributed by atoms with Crippen LogP contribution in [0.1, 0.15) is 57.8 Å². The van der Waals surface area contributed by atoms with E-state index in [1.54, 1.807) is 0 Å². The number of urea groups is 1. The minimum absolute atomic E-state index is 0.133. The Labute approximate surface area is 115 Å². The second-order valence-electron chi connectivity index (χ2n) is 5.33.